The van der Waals surface area contributed by atoms with Crippen molar-refractivity contribution in [2.24, 2.45) is 4.99 Å². The fraction of sp³-hybridized carbons (Fsp3) is 0.292. The van der Waals surface area contributed by atoms with Crippen molar-refractivity contribution >= 4 is 34.8 Å². The molecule has 4 rings (SSSR count). The molecule has 0 fully saturated rings. The van der Waals surface area contributed by atoms with Crippen LogP contribution in [0.25, 0.3) is 10.9 Å². The van der Waals surface area contributed by atoms with Crippen molar-refractivity contribution in [3.8, 4) is 0 Å². The number of amides is 2. The van der Waals surface area contributed by atoms with Gasteiger partial charge in [-0.15, -0.1) is 0 Å². The molecule has 2 amide bonds. The SMILES string of the molecule is O=C(N[C@@H](NC(=O)c1cccc2c1cnn2CCCNC1=NCCN1)C(=O)O)OCc1ccccc1. The maximum Gasteiger partial charge on any atom is 0.409 e. The van der Waals surface area contributed by atoms with E-state index in [9.17, 15) is 19.5 Å². The van der Waals surface area contributed by atoms with Gasteiger partial charge in [0.2, 0.25) is 6.17 Å². The molecule has 1 atom stereocenters. The van der Waals surface area contributed by atoms with Crippen LogP contribution in [0.3, 0.4) is 0 Å². The van der Waals surface area contributed by atoms with Gasteiger partial charge in [0.25, 0.3) is 5.91 Å². The smallest absolute Gasteiger partial charge is 0.409 e. The molecule has 3 aromatic rings. The van der Waals surface area contributed by atoms with Gasteiger partial charge in [0, 0.05) is 25.0 Å². The number of alkyl carbamates (subject to hydrolysis) is 1. The first-order valence-corrected chi connectivity index (χ1v) is 11.5. The third-order valence-corrected chi connectivity index (χ3v) is 5.44. The second kappa shape index (κ2) is 11.7. The summed E-state index contributed by atoms with van der Waals surface area (Å²) in [6.07, 6.45) is -0.295. The van der Waals surface area contributed by atoms with Crippen molar-refractivity contribution in [2.75, 3.05) is 19.6 Å². The van der Waals surface area contributed by atoms with Gasteiger partial charge in [-0.05, 0) is 24.1 Å². The molecule has 0 radical (unpaired) electrons. The number of hydrogen-bond donors (Lipinski definition) is 5. The normalized spacial score (nSPS) is 13.4. The van der Waals surface area contributed by atoms with Crippen LogP contribution in [-0.2, 0) is 22.7 Å². The largest absolute Gasteiger partial charge is 0.478 e. The minimum atomic E-state index is -1.68. The molecule has 0 saturated heterocycles. The lowest BCUT2D eigenvalue weighted by Crippen LogP contribution is -2.53. The van der Waals surface area contributed by atoms with E-state index in [4.69, 9.17) is 4.74 Å². The van der Waals surface area contributed by atoms with Crippen LogP contribution in [0.5, 0.6) is 0 Å². The summed E-state index contributed by atoms with van der Waals surface area (Å²) < 4.78 is 6.84. The Morgan fingerprint density at radius 1 is 1.11 bits per heavy atom. The molecule has 2 heterocycles. The Kier molecular flexibility index (Phi) is 7.96. The monoisotopic (exact) mass is 493 g/mol. The first-order valence-electron chi connectivity index (χ1n) is 11.5. The molecule has 188 valence electrons. The van der Waals surface area contributed by atoms with Crippen molar-refractivity contribution < 1.29 is 24.2 Å². The van der Waals surface area contributed by atoms with Gasteiger partial charge in [-0.2, -0.15) is 5.10 Å². The average Bonchev–Trinajstić information content (AvgIpc) is 3.55. The Bertz CT molecular complexity index is 1260. The van der Waals surface area contributed by atoms with Gasteiger partial charge in [-0.1, -0.05) is 36.4 Å². The Labute approximate surface area is 206 Å². The van der Waals surface area contributed by atoms with Crippen LogP contribution < -0.4 is 21.3 Å². The molecule has 0 aliphatic carbocycles. The minimum absolute atomic E-state index is 0.0361. The molecule has 0 unspecified atom stereocenters. The van der Waals surface area contributed by atoms with Crippen LogP contribution in [0.2, 0.25) is 0 Å². The minimum Gasteiger partial charge on any atom is -0.478 e. The molecular formula is C24H27N7O5. The summed E-state index contributed by atoms with van der Waals surface area (Å²) in [4.78, 5) is 41.0. The number of aliphatic carboxylic acids is 1. The number of aryl methyl sites for hydroxylation is 1. The van der Waals surface area contributed by atoms with E-state index in [2.05, 4.69) is 31.4 Å². The van der Waals surface area contributed by atoms with E-state index in [1.165, 1.54) is 0 Å². The van der Waals surface area contributed by atoms with Crippen LogP contribution in [0.15, 0.2) is 59.7 Å². The molecule has 1 aromatic heterocycles. The van der Waals surface area contributed by atoms with E-state index < -0.39 is 24.1 Å². The molecule has 0 bridgehead atoms. The maximum atomic E-state index is 12.9. The third-order valence-electron chi connectivity index (χ3n) is 5.44. The number of hydrogen-bond acceptors (Lipinski definition) is 8. The highest BCUT2D eigenvalue weighted by atomic mass is 16.5. The summed E-state index contributed by atoms with van der Waals surface area (Å²) >= 11 is 0. The van der Waals surface area contributed by atoms with Gasteiger partial charge in [0.05, 0.1) is 23.8 Å². The van der Waals surface area contributed by atoms with Crippen molar-refractivity contribution in [1.82, 2.24) is 31.0 Å². The fourth-order valence-corrected chi connectivity index (χ4v) is 3.68. The van der Waals surface area contributed by atoms with Crippen LogP contribution in [0.1, 0.15) is 22.3 Å². The molecule has 0 spiro atoms. The number of benzene rings is 2. The molecule has 36 heavy (non-hydrogen) atoms. The first-order chi connectivity index (χ1) is 17.5. The Morgan fingerprint density at radius 2 is 1.94 bits per heavy atom. The summed E-state index contributed by atoms with van der Waals surface area (Å²) in [5.74, 6) is -1.30. The number of nitrogens with one attached hydrogen (secondary N) is 4. The fourth-order valence-electron chi connectivity index (χ4n) is 3.68. The van der Waals surface area contributed by atoms with E-state index in [-0.39, 0.29) is 12.2 Å². The third kappa shape index (κ3) is 6.29. The number of guanidine groups is 1. The van der Waals surface area contributed by atoms with Gasteiger partial charge < -0.3 is 25.8 Å². The Hall–Kier alpha value is -4.61. The van der Waals surface area contributed by atoms with Crippen molar-refractivity contribution in [2.45, 2.75) is 25.7 Å². The summed E-state index contributed by atoms with van der Waals surface area (Å²) in [7, 11) is 0. The first kappa shape index (κ1) is 24.5. The lowest BCUT2D eigenvalue weighted by molar-refractivity contribution is -0.140. The van der Waals surface area contributed by atoms with Crippen LogP contribution >= 0.6 is 0 Å². The predicted molar refractivity (Wildman–Crippen MR) is 131 cm³/mol. The lowest BCUT2D eigenvalue weighted by atomic mass is 10.1. The van der Waals surface area contributed by atoms with Gasteiger partial charge in [0.1, 0.15) is 6.61 Å². The van der Waals surface area contributed by atoms with E-state index in [0.29, 0.717) is 18.5 Å². The molecule has 1 aliphatic heterocycles. The Morgan fingerprint density at radius 3 is 2.69 bits per heavy atom. The number of carbonyl (C=O) groups excluding carboxylic acids is 2. The molecule has 0 saturated carbocycles. The van der Waals surface area contributed by atoms with Crippen LogP contribution in [0, 0.1) is 0 Å². The number of carboxylic acid groups (broad SMARTS) is 1. The second-order valence-corrected chi connectivity index (χ2v) is 7.99. The quantitative estimate of drug-likeness (QED) is 0.207. The highest BCUT2D eigenvalue weighted by Crippen LogP contribution is 2.19. The zero-order valence-corrected chi connectivity index (χ0v) is 19.4. The van der Waals surface area contributed by atoms with Gasteiger partial charge in [-0.25, -0.2) is 9.59 Å². The predicted octanol–water partition coefficient (Wildman–Crippen LogP) is 1.04. The molecular weight excluding hydrogens is 466 g/mol. The van der Waals surface area contributed by atoms with Gasteiger partial charge >= 0.3 is 12.1 Å². The maximum absolute atomic E-state index is 12.9. The number of aliphatic imine (C=N–C) groups is 1. The zero-order chi connectivity index (χ0) is 25.3. The van der Waals surface area contributed by atoms with E-state index in [1.807, 2.05) is 12.1 Å². The number of carboxylic acids is 1. The summed E-state index contributed by atoms with van der Waals surface area (Å²) in [5.41, 5.74) is 1.72. The van der Waals surface area contributed by atoms with Crippen LogP contribution in [-0.4, -0.2) is 64.6 Å². The molecule has 1 aliphatic rings. The number of aromatic nitrogens is 2. The highest BCUT2D eigenvalue weighted by molar-refractivity contribution is 6.07. The number of nitrogens with zero attached hydrogens (tertiary/aromatic N) is 3. The zero-order valence-electron chi connectivity index (χ0n) is 19.4. The van der Waals surface area contributed by atoms with Crippen molar-refractivity contribution in [3.63, 3.8) is 0 Å². The Balaban J connectivity index is 1.35. The summed E-state index contributed by atoms with van der Waals surface area (Å²) in [5, 5.41) is 25.3. The topological polar surface area (TPSA) is 159 Å². The number of rotatable bonds is 10. The van der Waals surface area contributed by atoms with Crippen molar-refractivity contribution in [3.05, 3.63) is 65.9 Å². The van der Waals surface area contributed by atoms with Crippen molar-refractivity contribution in [1.29, 1.82) is 0 Å². The molecule has 12 heteroatoms. The molecule has 12 nitrogen and oxygen atoms in total. The van der Waals surface area contributed by atoms with E-state index >= 15 is 0 Å². The van der Waals surface area contributed by atoms with E-state index in [0.717, 1.165) is 36.6 Å². The van der Waals surface area contributed by atoms with Gasteiger partial charge in [-0.3, -0.25) is 19.8 Å². The van der Waals surface area contributed by atoms with E-state index in [1.54, 1.807) is 47.3 Å². The number of ether oxygens (including phenoxy) is 1. The molecule has 2 aromatic carbocycles. The molecule has 5 N–H and O–H groups in total. The number of carbonyl (C=O) groups is 3. The lowest BCUT2D eigenvalue weighted by Gasteiger charge is -2.16. The van der Waals surface area contributed by atoms with Crippen LogP contribution in [0.4, 0.5) is 4.79 Å². The average molecular weight is 494 g/mol. The second-order valence-electron chi connectivity index (χ2n) is 7.99. The summed E-state index contributed by atoms with van der Waals surface area (Å²) in [6, 6.07) is 14.0. The van der Waals surface area contributed by atoms with Gasteiger partial charge in [0.15, 0.2) is 5.96 Å². The summed E-state index contributed by atoms with van der Waals surface area (Å²) in [6.45, 7) is 2.89. The standard InChI is InChI=1S/C24H27N7O5/c32-21(29-20(22(33)34)30-24(35)36-15-16-6-2-1-3-7-16)17-8-4-9-19-18(17)14-28-31(19)13-5-10-25-23-26-11-12-27-23/h1-4,6-9,14,20H,5,10-13,15H2,(H,29,32)(H,30,35)(H,33,34)(H2,25,26,27)/t20-/m1/s1. The number of fused-ring (bicyclic) bond motifs is 1. The highest BCUT2D eigenvalue weighted by Gasteiger charge is 2.24.